The third-order valence-corrected chi connectivity index (χ3v) is 4.16. The standard InChI is InChI=1S/C14H22BrN3O.ClH/c1-10(2)18-9-11(15)8-12(18)13(19)17-14(3)4-6-16-7-5-14;/h8-10,16H,4-7H2,1-3H3,(H,17,19);1H. The molecule has 0 spiro atoms. The van der Waals surface area contributed by atoms with Crippen LogP contribution in [0, 0.1) is 0 Å². The van der Waals surface area contributed by atoms with E-state index in [9.17, 15) is 4.79 Å². The molecule has 1 aliphatic heterocycles. The quantitative estimate of drug-likeness (QED) is 0.865. The van der Waals surface area contributed by atoms with Crippen molar-refractivity contribution in [3.63, 3.8) is 0 Å². The van der Waals surface area contributed by atoms with Crippen molar-refractivity contribution >= 4 is 34.2 Å². The van der Waals surface area contributed by atoms with Crippen LogP contribution >= 0.6 is 28.3 Å². The number of hydrogen-bond acceptors (Lipinski definition) is 2. The number of carbonyl (C=O) groups excluding carboxylic acids is 1. The predicted octanol–water partition coefficient (Wildman–Crippen LogP) is 3.13. The topological polar surface area (TPSA) is 46.1 Å². The molecule has 1 fully saturated rings. The molecule has 0 unspecified atom stereocenters. The van der Waals surface area contributed by atoms with E-state index in [4.69, 9.17) is 0 Å². The van der Waals surface area contributed by atoms with E-state index >= 15 is 0 Å². The van der Waals surface area contributed by atoms with Crippen molar-refractivity contribution in [1.82, 2.24) is 15.2 Å². The van der Waals surface area contributed by atoms with Crippen LogP contribution in [0.15, 0.2) is 16.7 Å². The minimum absolute atomic E-state index is 0. The fourth-order valence-electron chi connectivity index (χ4n) is 2.50. The van der Waals surface area contributed by atoms with Crippen LogP contribution in [0.1, 0.15) is 50.1 Å². The molecule has 0 aliphatic carbocycles. The molecule has 0 bridgehead atoms. The molecule has 6 heteroatoms. The molecule has 4 nitrogen and oxygen atoms in total. The van der Waals surface area contributed by atoms with Gasteiger partial charge in [-0.2, -0.15) is 0 Å². The summed E-state index contributed by atoms with van der Waals surface area (Å²) in [5.41, 5.74) is 0.627. The SMILES string of the molecule is CC(C)n1cc(Br)cc1C(=O)NC1(C)CCNCC1.Cl. The first-order valence-electron chi connectivity index (χ1n) is 6.82. The van der Waals surface area contributed by atoms with Gasteiger partial charge in [-0.05, 0) is 68.7 Å². The molecular formula is C14H23BrClN3O. The Morgan fingerprint density at radius 1 is 1.45 bits per heavy atom. The van der Waals surface area contributed by atoms with Gasteiger partial charge in [0.25, 0.3) is 5.91 Å². The van der Waals surface area contributed by atoms with E-state index < -0.39 is 0 Å². The zero-order valence-corrected chi connectivity index (χ0v) is 14.6. The van der Waals surface area contributed by atoms with E-state index in [1.807, 2.05) is 16.8 Å². The largest absolute Gasteiger partial charge is 0.346 e. The molecule has 2 N–H and O–H groups in total. The minimum atomic E-state index is -0.0963. The Hall–Kier alpha value is -0.520. The van der Waals surface area contributed by atoms with Gasteiger partial charge >= 0.3 is 0 Å². The highest BCUT2D eigenvalue weighted by atomic mass is 79.9. The highest BCUT2D eigenvalue weighted by Gasteiger charge is 2.29. The number of amides is 1. The molecule has 0 saturated carbocycles. The lowest BCUT2D eigenvalue weighted by Crippen LogP contribution is -2.52. The normalized spacial score (nSPS) is 17.6. The maximum Gasteiger partial charge on any atom is 0.268 e. The summed E-state index contributed by atoms with van der Waals surface area (Å²) in [6, 6.07) is 2.16. The zero-order valence-electron chi connectivity index (χ0n) is 12.2. The van der Waals surface area contributed by atoms with Crippen molar-refractivity contribution in [3.8, 4) is 0 Å². The molecule has 2 rings (SSSR count). The highest BCUT2D eigenvalue weighted by Crippen LogP contribution is 2.22. The van der Waals surface area contributed by atoms with Crippen molar-refractivity contribution in [2.24, 2.45) is 0 Å². The summed E-state index contributed by atoms with van der Waals surface area (Å²) in [6.07, 6.45) is 3.91. The van der Waals surface area contributed by atoms with Gasteiger partial charge in [-0.3, -0.25) is 4.79 Å². The summed E-state index contributed by atoms with van der Waals surface area (Å²) in [5.74, 6) is 0.0174. The van der Waals surface area contributed by atoms with Gasteiger partial charge in [-0.15, -0.1) is 12.4 Å². The number of halogens is 2. The van der Waals surface area contributed by atoms with Crippen molar-refractivity contribution in [3.05, 3.63) is 22.4 Å². The van der Waals surface area contributed by atoms with Crippen molar-refractivity contribution < 1.29 is 4.79 Å². The number of piperidine rings is 1. The average molecular weight is 365 g/mol. The van der Waals surface area contributed by atoms with E-state index in [0.717, 1.165) is 36.1 Å². The molecule has 1 aromatic heterocycles. The first kappa shape index (κ1) is 17.5. The summed E-state index contributed by atoms with van der Waals surface area (Å²) in [4.78, 5) is 12.5. The van der Waals surface area contributed by atoms with Crippen LogP contribution in [0.25, 0.3) is 0 Å². The van der Waals surface area contributed by atoms with E-state index in [-0.39, 0.29) is 29.9 Å². The van der Waals surface area contributed by atoms with Gasteiger partial charge in [-0.25, -0.2) is 0 Å². The maximum absolute atomic E-state index is 12.5. The summed E-state index contributed by atoms with van der Waals surface area (Å²) in [7, 11) is 0. The highest BCUT2D eigenvalue weighted by molar-refractivity contribution is 9.10. The van der Waals surface area contributed by atoms with Gasteiger partial charge in [0.2, 0.25) is 0 Å². The molecule has 20 heavy (non-hydrogen) atoms. The first-order valence-corrected chi connectivity index (χ1v) is 7.61. The number of nitrogens with one attached hydrogen (secondary N) is 2. The summed E-state index contributed by atoms with van der Waals surface area (Å²) in [5, 5.41) is 6.52. The van der Waals surface area contributed by atoms with Gasteiger partial charge in [0.15, 0.2) is 0 Å². The Morgan fingerprint density at radius 3 is 2.60 bits per heavy atom. The number of hydrogen-bond donors (Lipinski definition) is 2. The molecule has 1 aliphatic rings. The Morgan fingerprint density at radius 2 is 2.05 bits per heavy atom. The second kappa shape index (κ2) is 6.96. The van der Waals surface area contributed by atoms with Crippen molar-refractivity contribution in [2.45, 2.75) is 45.2 Å². The number of rotatable bonds is 3. The Labute approximate surface area is 135 Å². The third-order valence-electron chi connectivity index (χ3n) is 3.73. The monoisotopic (exact) mass is 363 g/mol. The lowest BCUT2D eigenvalue weighted by Gasteiger charge is -2.35. The fourth-order valence-corrected chi connectivity index (χ4v) is 2.93. The third kappa shape index (κ3) is 3.99. The minimum Gasteiger partial charge on any atom is -0.346 e. The summed E-state index contributed by atoms with van der Waals surface area (Å²) < 4.78 is 2.95. The maximum atomic E-state index is 12.5. The molecule has 0 aromatic carbocycles. The summed E-state index contributed by atoms with van der Waals surface area (Å²) in [6.45, 7) is 8.21. The van der Waals surface area contributed by atoms with Crippen LogP contribution in [0.4, 0.5) is 0 Å². The van der Waals surface area contributed by atoms with Crippen molar-refractivity contribution in [2.75, 3.05) is 13.1 Å². The Balaban J connectivity index is 0.00000200. The van der Waals surface area contributed by atoms with E-state index in [1.54, 1.807) is 0 Å². The van der Waals surface area contributed by atoms with Crippen LogP contribution < -0.4 is 10.6 Å². The Kier molecular flexibility index (Phi) is 6.10. The molecular weight excluding hydrogens is 342 g/mol. The lowest BCUT2D eigenvalue weighted by atomic mass is 9.90. The fraction of sp³-hybridized carbons (Fsp3) is 0.643. The Bertz CT molecular complexity index is 467. The van der Waals surface area contributed by atoms with Crippen LogP contribution in [0.3, 0.4) is 0 Å². The zero-order chi connectivity index (χ0) is 14.0. The van der Waals surface area contributed by atoms with Crippen LogP contribution in [-0.4, -0.2) is 29.1 Å². The van der Waals surface area contributed by atoms with Crippen molar-refractivity contribution in [1.29, 1.82) is 0 Å². The van der Waals surface area contributed by atoms with E-state index in [1.165, 1.54) is 0 Å². The van der Waals surface area contributed by atoms with Gasteiger partial charge in [0, 0.05) is 22.3 Å². The number of aromatic nitrogens is 1. The van der Waals surface area contributed by atoms with Crippen LogP contribution in [0.2, 0.25) is 0 Å². The molecule has 0 radical (unpaired) electrons. The van der Waals surface area contributed by atoms with Gasteiger partial charge in [-0.1, -0.05) is 0 Å². The average Bonchev–Trinajstić information content (AvgIpc) is 2.72. The number of nitrogens with zero attached hydrogens (tertiary/aromatic N) is 1. The van der Waals surface area contributed by atoms with E-state index in [0.29, 0.717) is 0 Å². The smallest absolute Gasteiger partial charge is 0.268 e. The van der Waals surface area contributed by atoms with Crippen LogP contribution in [-0.2, 0) is 0 Å². The summed E-state index contributed by atoms with van der Waals surface area (Å²) >= 11 is 3.45. The molecule has 1 saturated heterocycles. The number of carbonyl (C=O) groups is 1. The predicted molar refractivity (Wildman–Crippen MR) is 87.7 cm³/mol. The van der Waals surface area contributed by atoms with Crippen LogP contribution in [0.5, 0.6) is 0 Å². The van der Waals surface area contributed by atoms with Gasteiger partial charge in [0.1, 0.15) is 5.69 Å². The second-order valence-corrected chi connectivity index (χ2v) is 6.73. The van der Waals surface area contributed by atoms with E-state index in [2.05, 4.69) is 47.3 Å². The molecule has 1 amide bonds. The van der Waals surface area contributed by atoms with Gasteiger partial charge in [0.05, 0.1) is 0 Å². The van der Waals surface area contributed by atoms with Gasteiger partial charge < -0.3 is 15.2 Å². The second-order valence-electron chi connectivity index (χ2n) is 5.81. The molecule has 0 atom stereocenters. The first-order chi connectivity index (χ1) is 8.91. The molecule has 2 heterocycles. The molecule has 1 aromatic rings. The lowest BCUT2D eigenvalue weighted by molar-refractivity contribution is 0.0876. The molecule has 114 valence electrons.